The quantitative estimate of drug-likeness (QED) is 0.767. The number of amides is 2. The Morgan fingerprint density at radius 2 is 1.77 bits per heavy atom. The van der Waals surface area contributed by atoms with Gasteiger partial charge in [-0.1, -0.05) is 0 Å². The first-order valence-electron chi connectivity index (χ1n) is 10.2. The zero-order valence-corrected chi connectivity index (χ0v) is 16.7. The lowest BCUT2D eigenvalue weighted by atomic mass is 9.87. The number of piperidine rings is 1. The number of carbonyl (C=O) groups excluding carboxylic acids is 2. The van der Waals surface area contributed by atoms with Gasteiger partial charge in [0, 0.05) is 38.4 Å². The summed E-state index contributed by atoms with van der Waals surface area (Å²) in [5.41, 5.74) is -0.499. The Morgan fingerprint density at radius 1 is 1.08 bits per heavy atom. The lowest BCUT2D eigenvalue weighted by molar-refractivity contribution is -0.138. The summed E-state index contributed by atoms with van der Waals surface area (Å²) >= 11 is 0. The van der Waals surface area contributed by atoms with Gasteiger partial charge in [0.15, 0.2) is 0 Å². The van der Waals surface area contributed by atoms with Crippen LogP contribution in [0.25, 0.3) is 0 Å². The SMILES string of the molecule is CCOCC1CCN(C(=O)C2CC3CCC2N3C(=O)OC(C)(C)C)CC1. The molecule has 3 atom stereocenters. The van der Waals surface area contributed by atoms with E-state index in [1.807, 2.05) is 37.5 Å². The summed E-state index contributed by atoms with van der Waals surface area (Å²) in [7, 11) is 0. The van der Waals surface area contributed by atoms with E-state index in [1.165, 1.54) is 0 Å². The summed E-state index contributed by atoms with van der Waals surface area (Å²) in [5.74, 6) is 0.752. The number of hydrogen-bond acceptors (Lipinski definition) is 4. The average Bonchev–Trinajstić information content (AvgIpc) is 3.16. The van der Waals surface area contributed by atoms with Gasteiger partial charge in [-0.05, 0) is 65.7 Å². The molecule has 0 aromatic rings. The molecule has 2 bridgehead atoms. The van der Waals surface area contributed by atoms with Crippen molar-refractivity contribution in [2.75, 3.05) is 26.3 Å². The summed E-state index contributed by atoms with van der Waals surface area (Å²) in [5, 5.41) is 0. The molecule has 0 aromatic heterocycles. The minimum absolute atomic E-state index is 0.0171. The van der Waals surface area contributed by atoms with Crippen LogP contribution in [-0.2, 0) is 14.3 Å². The molecule has 3 heterocycles. The van der Waals surface area contributed by atoms with Crippen LogP contribution in [0.4, 0.5) is 4.79 Å². The molecule has 2 amide bonds. The van der Waals surface area contributed by atoms with E-state index >= 15 is 0 Å². The van der Waals surface area contributed by atoms with E-state index in [4.69, 9.17) is 9.47 Å². The van der Waals surface area contributed by atoms with Crippen molar-refractivity contribution in [2.24, 2.45) is 11.8 Å². The van der Waals surface area contributed by atoms with Crippen molar-refractivity contribution in [3.8, 4) is 0 Å². The van der Waals surface area contributed by atoms with Crippen molar-refractivity contribution in [1.82, 2.24) is 9.80 Å². The molecule has 26 heavy (non-hydrogen) atoms. The van der Waals surface area contributed by atoms with Crippen LogP contribution in [-0.4, -0.2) is 65.8 Å². The summed E-state index contributed by atoms with van der Waals surface area (Å²) in [4.78, 5) is 29.5. The molecule has 0 radical (unpaired) electrons. The number of rotatable bonds is 4. The first kappa shape index (κ1) is 19.5. The molecule has 3 aliphatic heterocycles. The molecule has 0 aromatic carbocycles. The van der Waals surface area contributed by atoms with Crippen LogP contribution in [0.3, 0.4) is 0 Å². The molecule has 3 rings (SSSR count). The van der Waals surface area contributed by atoms with Crippen molar-refractivity contribution < 1.29 is 19.1 Å². The van der Waals surface area contributed by atoms with Crippen LogP contribution in [0.1, 0.15) is 59.8 Å². The average molecular weight is 367 g/mol. The second kappa shape index (κ2) is 7.75. The van der Waals surface area contributed by atoms with Gasteiger partial charge in [-0.3, -0.25) is 4.79 Å². The Morgan fingerprint density at radius 3 is 2.38 bits per heavy atom. The second-order valence-corrected chi connectivity index (χ2v) is 8.96. The minimum atomic E-state index is -0.499. The monoisotopic (exact) mass is 366 g/mol. The maximum absolute atomic E-state index is 13.1. The van der Waals surface area contributed by atoms with Crippen molar-refractivity contribution in [1.29, 1.82) is 0 Å². The highest BCUT2D eigenvalue weighted by atomic mass is 16.6. The Balaban J connectivity index is 1.56. The molecular formula is C20H34N2O4. The first-order valence-corrected chi connectivity index (χ1v) is 10.2. The number of likely N-dealkylation sites (tertiary alicyclic amines) is 1. The maximum Gasteiger partial charge on any atom is 0.410 e. The molecular weight excluding hydrogens is 332 g/mol. The molecule has 6 nitrogen and oxygen atoms in total. The van der Waals surface area contributed by atoms with Crippen LogP contribution in [0, 0.1) is 11.8 Å². The van der Waals surface area contributed by atoms with Crippen molar-refractivity contribution in [3.05, 3.63) is 0 Å². The van der Waals surface area contributed by atoms with Gasteiger partial charge in [0.25, 0.3) is 0 Å². The van der Waals surface area contributed by atoms with Crippen LogP contribution in [0.15, 0.2) is 0 Å². The van der Waals surface area contributed by atoms with E-state index in [0.29, 0.717) is 5.92 Å². The van der Waals surface area contributed by atoms with Gasteiger partial charge < -0.3 is 19.3 Å². The van der Waals surface area contributed by atoms with Crippen molar-refractivity contribution in [3.63, 3.8) is 0 Å². The predicted molar refractivity (Wildman–Crippen MR) is 98.8 cm³/mol. The molecule has 0 N–H and O–H groups in total. The molecule has 3 saturated heterocycles. The number of fused-ring (bicyclic) bond motifs is 2. The Labute approximate surface area is 157 Å². The fourth-order valence-corrected chi connectivity index (χ4v) is 4.69. The molecule has 0 aliphatic carbocycles. The third kappa shape index (κ3) is 4.16. The van der Waals surface area contributed by atoms with Crippen LogP contribution >= 0.6 is 0 Å². The summed E-state index contributed by atoms with van der Waals surface area (Å²) in [6, 6.07) is 0.183. The fourth-order valence-electron chi connectivity index (χ4n) is 4.69. The third-order valence-corrected chi connectivity index (χ3v) is 5.94. The van der Waals surface area contributed by atoms with E-state index in [1.54, 1.807) is 0 Å². The van der Waals surface area contributed by atoms with E-state index in [2.05, 4.69) is 0 Å². The van der Waals surface area contributed by atoms with Gasteiger partial charge in [-0.2, -0.15) is 0 Å². The molecule has 3 fully saturated rings. The number of hydrogen-bond donors (Lipinski definition) is 0. The number of carbonyl (C=O) groups is 2. The molecule has 148 valence electrons. The van der Waals surface area contributed by atoms with Gasteiger partial charge in [-0.25, -0.2) is 4.79 Å². The second-order valence-electron chi connectivity index (χ2n) is 8.96. The van der Waals surface area contributed by atoms with Crippen LogP contribution in [0.2, 0.25) is 0 Å². The zero-order chi connectivity index (χ0) is 18.9. The van der Waals surface area contributed by atoms with Gasteiger partial charge in [0.1, 0.15) is 5.60 Å². The fraction of sp³-hybridized carbons (Fsp3) is 0.900. The van der Waals surface area contributed by atoms with E-state index < -0.39 is 5.60 Å². The summed E-state index contributed by atoms with van der Waals surface area (Å²) in [6.45, 7) is 10.9. The largest absolute Gasteiger partial charge is 0.444 e. The maximum atomic E-state index is 13.1. The minimum Gasteiger partial charge on any atom is -0.444 e. The molecule has 3 aliphatic rings. The Bertz CT molecular complexity index is 522. The van der Waals surface area contributed by atoms with Crippen LogP contribution in [0.5, 0.6) is 0 Å². The highest BCUT2D eigenvalue weighted by molar-refractivity contribution is 5.82. The van der Waals surface area contributed by atoms with E-state index in [9.17, 15) is 9.59 Å². The van der Waals surface area contributed by atoms with Gasteiger partial charge in [-0.15, -0.1) is 0 Å². The highest BCUT2D eigenvalue weighted by Gasteiger charge is 2.53. The van der Waals surface area contributed by atoms with Gasteiger partial charge in [0.2, 0.25) is 5.91 Å². The standard InChI is InChI=1S/C20H34N2O4/c1-5-25-13-14-8-10-21(11-9-14)18(23)16-12-15-6-7-17(16)22(15)19(24)26-20(2,3)4/h14-17H,5-13H2,1-4H3. The number of nitrogens with zero attached hydrogens (tertiary/aromatic N) is 2. The lowest BCUT2D eigenvalue weighted by Crippen LogP contribution is -2.46. The normalized spacial score (nSPS) is 29.3. The van der Waals surface area contributed by atoms with Crippen LogP contribution < -0.4 is 0 Å². The van der Waals surface area contributed by atoms with Gasteiger partial charge in [0.05, 0.1) is 5.92 Å². The molecule has 3 unspecified atom stereocenters. The third-order valence-electron chi connectivity index (χ3n) is 5.94. The smallest absolute Gasteiger partial charge is 0.410 e. The highest BCUT2D eigenvalue weighted by Crippen LogP contribution is 2.43. The van der Waals surface area contributed by atoms with Crippen molar-refractivity contribution >= 4 is 12.0 Å². The van der Waals surface area contributed by atoms with E-state index in [-0.39, 0.29) is 30.0 Å². The van der Waals surface area contributed by atoms with E-state index in [0.717, 1.165) is 58.4 Å². The molecule has 6 heteroatoms. The van der Waals surface area contributed by atoms with Crippen molar-refractivity contribution in [2.45, 2.75) is 77.5 Å². The molecule has 0 spiro atoms. The zero-order valence-electron chi connectivity index (χ0n) is 16.7. The summed E-state index contributed by atoms with van der Waals surface area (Å²) in [6.07, 6.45) is 4.48. The van der Waals surface area contributed by atoms with Gasteiger partial charge >= 0.3 is 6.09 Å². The first-order chi connectivity index (χ1) is 12.3. The Kier molecular flexibility index (Phi) is 5.80. The topological polar surface area (TPSA) is 59.1 Å². The lowest BCUT2D eigenvalue weighted by Gasteiger charge is -2.35. The molecule has 0 saturated carbocycles. The number of ether oxygens (including phenoxy) is 2. The summed E-state index contributed by atoms with van der Waals surface area (Å²) < 4.78 is 11.1. The predicted octanol–water partition coefficient (Wildman–Crippen LogP) is 3.05. The Hall–Kier alpha value is -1.30.